The van der Waals surface area contributed by atoms with Crippen molar-refractivity contribution < 1.29 is 17.6 Å². The molecule has 0 unspecified atom stereocenters. The second-order valence-electron chi connectivity index (χ2n) is 4.59. The van der Waals surface area contributed by atoms with Crippen LogP contribution >= 0.6 is 0 Å². The third-order valence-electron chi connectivity index (χ3n) is 3.31. The second kappa shape index (κ2) is 5.31. The number of aromatic nitrogens is 2. The van der Waals surface area contributed by atoms with E-state index in [1.54, 1.807) is 20.9 Å². The van der Waals surface area contributed by atoms with Crippen molar-refractivity contribution in [1.29, 1.82) is 0 Å². The van der Waals surface area contributed by atoms with Gasteiger partial charge in [0.2, 0.25) is 0 Å². The van der Waals surface area contributed by atoms with Gasteiger partial charge in [-0.3, -0.25) is 0 Å². The standard InChI is InChI=1S/C14H13F4N3/c1-7-8(2)13(19-3)21-20-12(7)9-4-5-10(11(15)6-9)14(16,17)18/h4-6H,1-3H3,(H,19,21). The summed E-state index contributed by atoms with van der Waals surface area (Å²) in [5, 5.41) is 10.7. The van der Waals surface area contributed by atoms with Crippen molar-refractivity contribution in [3.8, 4) is 11.3 Å². The van der Waals surface area contributed by atoms with Gasteiger partial charge in [0.15, 0.2) is 5.82 Å². The number of anilines is 1. The highest BCUT2D eigenvalue weighted by Gasteiger charge is 2.34. The Morgan fingerprint density at radius 3 is 2.24 bits per heavy atom. The van der Waals surface area contributed by atoms with E-state index in [2.05, 4.69) is 15.5 Å². The first-order valence-electron chi connectivity index (χ1n) is 6.14. The zero-order valence-electron chi connectivity index (χ0n) is 11.6. The van der Waals surface area contributed by atoms with E-state index in [-0.39, 0.29) is 5.56 Å². The molecule has 3 nitrogen and oxygen atoms in total. The molecule has 7 heteroatoms. The highest BCUT2D eigenvalue weighted by Crippen LogP contribution is 2.34. The molecule has 0 radical (unpaired) electrons. The van der Waals surface area contributed by atoms with Crippen molar-refractivity contribution in [3.05, 3.63) is 40.7 Å². The van der Waals surface area contributed by atoms with Crippen molar-refractivity contribution in [2.75, 3.05) is 12.4 Å². The van der Waals surface area contributed by atoms with Gasteiger partial charge in [0.1, 0.15) is 5.82 Å². The lowest BCUT2D eigenvalue weighted by Crippen LogP contribution is -2.08. The molecule has 2 rings (SSSR count). The molecule has 1 N–H and O–H groups in total. The van der Waals surface area contributed by atoms with E-state index in [9.17, 15) is 17.6 Å². The van der Waals surface area contributed by atoms with Crippen LogP contribution < -0.4 is 5.32 Å². The van der Waals surface area contributed by atoms with E-state index in [4.69, 9.17) is 0 Å². The zero-order chi connectivity index (χ0) is 15.8. The largest absolute Gasteiger partial charge is 0.419 e. The average molecular weight is 299 g/mol. The summed E-state index contributed by atoms with van der Waals surface area (Å²) < 4.78 is 51.3. The topological polar surface area (TPSA) is 37.8 Å². The van der Waals surface area contributed by atoms with Gasteiger partial charge in [-0.15, -0.1) is 10.2 Å². The number of hydrogen-bond acceptors (Lipinski definition) is 3. The molecule has 112 valence electrons. The van der Waals surface area contributed by atoms with E-state index in [0.29, 0.717) is 17.6 Å². The van der Waals surface area contributed by atoms with Crippen molar-refractivity contribution in [1.82, 2.24) is 10.2 Å². The minimum absolute atomic E-state index is 0.260. The predicted octanol–water partition coefficient (Wildman–Crippen LogP) is 3.96. The highest BCUT2D eigenvalue weighted by atomic mass is 19.4. The molecule has 0 aliphatic rings. The lowest BCUT2D eigenvalue weighted by molar-refractivity contribution is -0.139. The van der Waals surface area contributed by atoms with Crippen LogP contribution in [0.15, 0.2) is 18.2 Å². The maximum atomic E-state index is 13.6. The van der Waals surface area contributed by atoms with Crippen LogP contribution in [0.5, 0.6) is 0 Å². The van der Waals surface area contributed by atoms with Crippen molar-refractivity contribution in [3.63, 3.8) is 0 Å². The Bertz CT molecular complexity index is 681. The van der Waals surface area contributed by atoms with Gasteiger partial charge >= 0.3 is 6.18 Å². The smallest absolute Gasteiger partial charge is 0.371 e. The first kappa shape index (κ1) is 15.2. The number of halogens is 4. The van der Waals surface area contributed by atoms with Crippen molar-refractivity contribution >= 4 is 5.82 Å². The number of nitrogens with one attached hydrogen (secondary N) is 1. The molecular formula is C14H13F4N3. The third kappa shape index (κ3) is 2.81. The Hall–Kier alpha value is -2.18. The van der Waals surface area contributed by atoms with Gasteiger partial charge in [-0.25, -0.2) is 4.39 Å². The van der Waals surface area contributed by atoms with Crippen LogP contribution in [0.25, 0.3) is 11.3 Å². The van der Waals surface area contributed by atoms with Gasteiger partial charge in [-0.05, 0) is 37.1 Å². The lowest BCUT2D eigenvalue weighted by Gasteiger charge is -2.12. The minimum Gasteiger partial charge on any atom is -0.371 e. The summed E-state index contributed by atoms with van der Waals surface area (Å²) >= 11 is 0. The van der Waals surface area contributed by atoms with Gasteiger partial charge in [0.05, 0.1) is 11.3 Å². The van der Waals surface area contributed by atoms with E-state index >= 15 is 0 Å². The van der Waals surface area contributed by atoms with E-state index in [1.165, 1.54) is 6.07 Å². The summed E-state index contributed by atoms with van der Waals surface area (Å²) in [7, 11) is 1.69. The van der Waals surface area contributed by atoms with Gasteiger partial charge < -0.3 is 5.32 Å². The summed E-state index contributed by atoms with van der Waals surface area (Å²) in [4.78, 5) is 0. The first-order valence-corrected chi connectivity index (χ1v) is 6.14. The highest BCUT2D eigenvalue weighted by molar-refractivity contribution is 5.66. The number of nitrogens with zero attached hydrogens (tertiary/aromatic N) is 2. The van der Waals surface area contributed by atoms with Gasteiger partial charge in [-0.2, -0.15) is 13.2 Å². The van der Waals surface area contributed by atoms with Crippen LogP contribution in [0.1, 0.15) is 16.7 Å². The third-order valence-corrected chi connectivity index (χ3v) is 3.31. The van der Waals surface area contributed by atoms with Crippen LogP contribution in [-0.2, 0) is 6.18 Å². The molecule has 0 saturated heterocycles. The second-order valence-corrected chi connectivity index (χ2v) is 4.59. The summed E-state index contributed by atoms with van der Waals surface area (Å²) in [5.41, 5.74) is 0.868. The Morgan fingerprint density at radius 1 is 1.05 bits per heavy atom. The van der Waals surface area contributed by atoms with Crippen LogP contribution in [0.4, 0.5) is 23.4 Å². The van der Waals surface area contributed by atoms with E-state index in [1.807, 2.05) is 0 Å². The summed E-state index contributed by atoms with van der Waals surface area (Å²) in [6, 6.07) is 2.74. The molecule has 0 saturated carbocycles. The zero-order valence-corrected chi connectivity index (χ0v) is 11.6. The summed E-state index contributed by atoms with van der Waals surface area (Å²) in [6.07, 6.45) is -4.71. The molecule has 21 heavy (non-hydrogen) atoms. The Balaban J connectivity index is 2.54. The maximum absolute atomic E-state index is 13.6. The van der Waals surface area contributed by atoms with E-state index < -0.39 is 17.6 Å². The molecule has 0 aliphatic carbocycles. The number of alkyl halides is 3. The Kier molecular flexibility index (Phi) is 3.85. The monoisotopic (exact) mass is 299 g/mol. The molecule has 0 bridgehead atoms. The van der Waals surface area contributed by atoms with Gasteiger partial charge in [0.25, 0.3) is 0 Å². The number of benzene rings is 1. The van der Waals surface area contributed by atoms with Gasteiger partial charge in [-0.1, -0.05) is 6.07 Å². The molecule has 0 amide bonds. The molecule has 0 atom stereocenters. The number of hydrogen-bond donors (Lipinski definition) is 1. The van der Waals surface area contributed by atoms with Crippen LogP contribution in [-0.4, -0.2) is 17.2 Å². The summed E-state index contributed by atoms with van der Waals surface area (Å²) in [5.74, 6) is -0.750. The first-order chi connectivity index (χ1) is 9.75. The molecular weight excluding hydrogens is 286 g/mol. The molecule has 2 aromatic rings. The SMILES string of the molecule is CNc1nnc(-c2ccc(C(F)(F)F)c(F)c2)c(C)c1C. The van der Waals surface area contributed by atoms with Crippen LogP contribution in [0.3, 0.4) is 0 Å². The minimum atomic E-state index is -4.71. The number of rotatable bonds is 2. The quantitative estimate of drug-likeness (QED) is 0.853. The normalized spacial score (nSPS) is 11.6. The molecule has 1 heterocycles. The maximum Gasteiger partial charge on any atom is 0.419 e. The van der Waals surface area contributed by atoms with Gasteiger partial charge in [0, 0.05) is 12.6 Å². The van der Waals surface area contributed by atoms with Crippen molar-refractivity contribution in [2.45, 2.75) is 20.0 Å². The average Bonchev–Trinajstić information content (AvgIpc) is 2.40. The fourth-order valence-corrected chi connectivity index (χ4v) is 2.01. The summed E-state index contributed by atoms with van der Waals surface area (Å²) in [6.45, 7) is 3.57. The molecule has 0 spiro atoms. The fourth-order valence-electron chi connectivity index (χ4n) is 2.01. The van der Waals surface area contributed by atoms with Crippen LogP contribution in [0.2, 0.25) is 0 Å². The Morgan fingerprint density at radius 2 is 1.71 bits per heavy atom. The predicted molar refractivity (Wildman–Crippen MR) is 71.4 cm³/mol. The molecule has 1 aromatic heterocycles. The lowest BCUT2D eigenvalue weighted by atomic mass is 10.0. The molecule has 1 aromatic carbocycles. The van der Waals surface area contributed by atoms with Crippen LogP contribution in [0, 0.1) is 19.7 Å². The molecule has 0 aliphatic heterocycles. The Labute approximate surface area is 119 Å². The van der Waals surface area contributed by atoms with Crippen molar-refractivity contribution in [2.24, 2.45) is 0 Å². The molecule has 0 fully saturated rings. The van der Waals surface area contributed by atoms with E-state index in [0.717, 1.165) is 17.2 Å². The fraction of sp³-hybridized carbons (Fsp3) is 0.286.